The summed E-state index contributed by atoms with van der Waals surface area (Å²) in [6.45, 7) is 3.46. The maximum absolute atomic E-state index is 11.7. The Balaban J connectivity index is 2.55. The van der Waals surface area contributed by atoms with Crippen molar-refractivity contribution in [1.29, 1.82) is 0 Å². The number of carbonyl (C=O) groups excluding carboxylic acids is 3. The minimum atomic E-state index is -1.07. The van der Waals surface area contributed by atoms with Gasteiger partial charge in [0.15, 0.2) is 5.92 Å². The van der Waals surface area contributed by atoms with Crippen LogP contribution in [0.5, 0.6) is 0 Å². The summed E-state index contributed by atoms with van der Waals surface area (Å²) in [5, 5.41) is 0. The molecule has 1 unspecified atom stereocenters. The first kappa shape index (κ1) is 15.8. The molecule has 108 valence electrons. The van der Waals surface area contributed by atoms with Gasteiger partial charge in [-0.15, -0.1) is 0 Å². The summed E-state index contributed by atoms with van der Waals surface area (Å²) in [6, 6.07) is 5.09. The second-order valence-corrected chi connectivity index (χ2v) is 4.00. The third-order valence-corrected chi connectivity index (χ3v) is 2.53. The molecule has 0 fully saturated rings. The van der Waals surface area contributed by atoms with Gasteiger partial charge < -0.3 is 9.47 Å². The summed E-state index contributed by atoms with van der Waals surface area (Å²) in [5.41, 5.74) is 0.495. The molecule has 0 aromatic carbocycles. The first-order valence-corrected chi connectivity index (χ1v) is 6.39. The average Bonchev–Trinajstić information content (AvgIpc) is 2.40. The van der Waals surface area contributed by atoms with Crippen LogP contribution in [0.15, 0.2) is 24.4 Å². The zero-order valence-corrected chi connectivity index (χ0v) is 11.5. The SMILES string of the molecule is CCOC(=O)C(CC)C(=O)OC(=O)Cc1ccccn1. The Labute approximate surface area is 117 Å². The van der Waals surface area contributed by atoms with Crippen molar-refractivity contribution in [2.45, 2.75) is 26.7 Å². The van der Waals surface area contributed by atoms with Gasteiger partial charge in [-0.2, -0.15) is 0 Å². The number of hydrogen-bond acceptors (Lipinski definition) is 6. The Morgan fingerprint density at radius 1 is 1.20 bits per heavy atom. The molecule has 0 saturated carbocycles. The van der Waals surface area contributed by atoms with Crippen LogP contribution in [0.25, 0.3) is 0 Å². The van der Waals surface area contributed by atoms with Gasteiger partial charge in [0, 0.05) is 6.20 Å². The van der Waals surface area contributed by atoms with Crippen molar-refractivity contribution in [3.05, 3.63) is 30.1 Å². The smallest absolute Gasteiger partial charge is 0.327 e. The van der Waals surface area contributed by atoms with Crippen LogP contribution in [-0.2, 0) is 30.3 Å². The molecule has 0 aliphatic rings. The Kier molecular flexibility index (Phi) is 6.36. The average molecular weight is 279 g/mol. The summed E-state index contributed by atoms with van der Waals surface area (Å²) in [4.78, 5) is 38.8. The van der Waals surface area contributed by atoms with Crippen molar-refractivity contribution < 1.29 is 23.9 Å². The quantitative estimate of drug-likeness (QED) is 0.576. The third kappa shape index (κ3) is 4.79. The molecule has 0 bridgehead atoms. The molecule has 0 amide bonds. The van der Waals surface area contributed by atoms with Crippen LogP contribution in [0.1, 0.15) is 26.0 Å². The second-order valence-electron chi connectivity index (χ2n) is 4.00. The van der Waals surface area contributed by atoms with E-state index in [9.17, 15) is 14.4 Å². The highest BCUT2D eigenvalue weighted by molar-refractivity contribution is 5.99. The topological polar surface area (TPSA) is 82.6 Å². The van der Waals surface area contributed by atoms with Crippen molar-refractivity contribution in [2.24, 2.45) is 5.92 Å². The normalized spacial score (nSPS) is 11.5. The molecule has 0 radical (unpaired) electrons. The van der Waals surface area contributed by atoms with E-state index in [0.29, 0.717) is 5.69 Å². The van der Waals surface area contributed by atoms with Crippen LogP contribution in [0.4, 0.5) is 0 Å². The highest BCUT2D eigenvalue weighted by Crippen LogP contribution is 2.09. The molecule has 0 spiro atoms. The molecule has 6 heteroatoms. The fraction of sp³-hybridized carbons (Fsp3) is 0.429. The van der Waals surface area contributed by atoms with E-state index in [2.05, 4.69) is 9.72 Å². The molecule has 0 aliphatic heterocycles. The van der Waals surface area contributed by atoms with Crippen molar-refractivity contribution in [1.82, 2.24) is 4.98 Å². The van der Waals surface area contributed by atoms with Crippen molar-refractivity contribution in [2.75, 3.05) is 6.61 Å². The summed E-state index contributed by atoms with van der Waals surface area (Å²) < 4.78 is 9.41. The molecular weight excluding hydrogens is 262 g/mol. The molecule has 20 heavy (non-hydrogen) atoms. The van der Waals surface area contributed by atoms with E-state index in [1.807, 2.05) is 0 Å². The molecule has 1 heterocycles. The number of aromatic nitrogens is 1. The first-order valence-electron chi connectivity index (χ1n) is 6.39. The maximum Gasteiger partial charge on any atom is 0.327 e. The van der Waals surface area contributed by atoms with Gasteiger partial charge in [0.2, 0.25) is 0 Å². The van der Waals surface area contributed by atoms with E-state index in [4.69, 9.17) is 4.74 Å². The molecule has 1 atom stereocenters. The number of rotatable bonds is 6. The van der Waals surface area contributed by atoms with Crippen LogP contribution >= 0.6 is 0 Å². The standard InChI is InChI=1S/C14H17NO5/c1-3-11(13(17)19-4-2)14(18)20-12(16)9-10-7-5-6-8-15-10/h5-8,11H,3-4,9H2,1-2H3. The molecule has 0 aliphatic carbocycles. The van der Waals surface area contributed by atoms with Crippen molar-refractivity contribution >= 4 is 17.9 Å². The highest BCUT2D eigenvalue weighted by atomic mass is 16.6. The monoisotopic (exact) mass is 279 g/mol. The summed E-state index contributed by atoms with van der Waals surface area (Å²) in [7, 11) is 0. The number of ether oxygens (including phenoxy) is 2. The third-order valence-electron chi connectivity index (χ3n) is 2.53. The van der Waals surface area contributed by atoms with Crippen LogP contribution in [-0.4, -0.2) is 29.5 Å². The lowest BCUT2D eigenvalue weighted by Crippen LogP contribution is -2.29. The number of pyridine rings is 1. The van der Waals surface area contributed by atoms with Crippen LogP contribution < -0.4 is 0 Å². The van der Waals surface area contributed by atoms with E-state index in [1.54, 1.807) is 32.0 Å². The molecule has 6 nitrogen and oxygen atoms in total. The van der Waals surface area contributed by atoms with Crippen LogP contribution in [0.3, 0.4) is 0 Å². The Morgan fingerprint density at radius 2 is 1.95 bits per heavy atom. The number of esters is 3. The van der Waals surface area contributed by atoms with E-state index in [-0.39, 0.29) is 19.4 Å². The van der Waals surface area contributed by atoms with Crippen molar-refractivity contribution in [3.63, 3.8) is 0 Å². The molecule has 1 aromatic heterocycles. The van der Waals surface area contributed by atoms with Gasteiger partial charge in [0.25, 0.3) is 0 Å². The number of hydrogen-bond donors (Lipinski definition) is 0. The molecule has 1 aromatic rings. The number of nitrogens with zero attached hydrogens (tertiary/aromatic N) is 1. The second kappa shape index (κ2) is 8.04. The van der Waals surface area contributed by atoms with Crippen LogP contribution in [0.2, 0.25) is 0 Å². The Morgan fingerprint density at radius 3 is 2.50 bits per heavy atom. The van der Waals surface area contributed by atoms with E-state index < -0.39 is 23.8 Å². The lowest BCUT2D eigenvalue weighted by Gasteiger charge is -2.11. The fourth-order valence-electron chi connectivity index (χ4n) is 1.54. The minimum Gasteiger partial charge on any atom is -0.465 e. The van der Waals surface area contributed by atoms with Gasteiger partial charge in [0.05, 0.1) is 18.7 Å². The minimum absolute atomic E-state index is 0.119. The molecule has 0 saturated heterocycles. The predicted molar refractivity (Wildman–Crippen MR) is 69.5 cm³/mol. The Bertz CT molecular complexity index is 472. The Hall–Kier alpha value is -2.24. The maximum atomic E-state index is 11.7. The van der Waals surface area contributed by atoms with Gasteiger partial charge in [-0.25, -0.2) is 0 Å². The van der Waals surface area contributed by atoms with Gasteiger partial charge in [-0.05, 0) is 25.5 Å². The lowest BCUT2D eigenvalue weighted by atomic mass is 10.1. The van der Waals surface area contributed by atoms with Crippen molar-refractivity contribution in [3.8, 4) is 0 Å². The molecule has 1 rings (SSSR count). The largest absolute Gasteiger partial charge is 0.465 e. The van der Waals surface area contributed by atoms with Gasteiger partial charge in [-0.1, -0.05) is 13.0 Å². The molecular formula is C14H17NO5. The summed E-state index contributed by atoms with van der Waals surface area (Å²) >= 11 is 0. The van der Waals surface area contributed by atoms with E-state index >= 15 is 0 Å². The zero-order chi connectivity index (χ0) is 15.0. The van der Waals surface area contributed by atoms with Gasteiger partial charge in [-0.3, -0.25) is 19.4 Å². The predicted octanol–water partition coefficient (Wildman–Crippen LogP) is 1.28. The number of carbonyl (C=O) groups is 3. The zero-order valence-electron chi connectivity index (χ0n) is 11.5. The molecule has 0 N–H and O–H groups in total. The lowest BCUT2D eigenvalue weighted by molar-refractivity contribution is -0.167. The van der Waals surface area contributed by atoms with Crippen LogP contribution in [0, 0.1) is 5.92 Å². The summed E-state index contributed by atoms with van der Waals surface area (Å²) in [6.07, 6.45) is 1.64. The van der Waals surface area contributed by atoms with E-state index in [1.165, 1.54) is 6.20 Å². The first-order chi connectivity index (χ1) is 9.58. The van der Waals surface area contributed by atoms with Gasteiger partial charge >= 0.3 is 17.9 Å². The van der Waals surface area contributed by atoms with E-state index in [0.717, 1.165) is 0 Å². The highest BCUT2D eigenvalue weighted by Gasteiger charge is 2.29. The van der Waals surface area contributed by atoms with Gasteiger partial charge in [0.1, 0.15) is 0 Å². The summed E-state index contributed by atoms with van der Waals surface area (Å²) in [5.74, 6) is -3.36. The fourth-order valence-corrected chi connectivity index (χ4v) is 1.54.